The van der Waals surface area contributed by atoms with Crippen LogP contribution in [0.4, 0.5) is 11.5 Å². The van der Waals surface area contributed by atoms with Crippen molar-refractivity contribution in [1.29, 1.82) is 0 Å². The maximum Gasteiger partial charge on any atom is 0.288 e. The Labute approximate surface area is 119 Å². The van der Waals surface area contributed by atoms with Gasteiger partial charge in [0.25, 0.3) is 5.69 Å². The third-order valence-electron chi connectivity index (χ3n) is 3.41. The highest BCUT2D eigenvalue weighted by Crippen LogP contribution is 2.30. The van der Waals surface area contributed by atoms with E-state index in [0.717, 1.165) is 25.7 Å². The number of anilines is 1. The number of aromatic nitrogens is 1. The Morgan fingerprint density at radius 1 is 1.47 bits per heavy atom. The Hall–Kier alpha value is -1.21. The van der Waals surface area contributed by atoms with Gasteiger partial charge in [-0.3, -0.25) is 10.1 Å². The molecule has 1 aromatic rings. The van der Waals surface area contributed by atoms with Crippen LogP contribution in [0.15, 0.2) is 16.7 Å². The molecule has 6 nitrogen and oxygen atoms in total. The van der Waals surface area contributed by atoms with E-state index in [9.17, 15) is 15.2 Å². The molecular weight excluding hydrogens is 314 g/mol. The van der Waals surface area contributed by atoms with Crippen molar-refractivity contribution in [3.05, 3.63) is 26.9 Å². The van der Waals surface area contributed by atoms with E-state index in [0.29, 0.717) is 16.8 Å². The normalized spacial score (nSPS) is 18.0. The molecule has 7 heteroatoms. The number of hydrogen-bond acceptors (Lipinski definition) is 5. The van der Waals surface area contributed by atoms with Gasteiger partial charge in [-0.2, -0.15) is 0 Å². The van der Waals surface area contributed by atoms with E-state index in [1.165, 1.54) is 18.7 Å². The maximum atomic E-state index is 10.6. The van der Waals surface area contributed by atoms with E-state index in [2.05, 4.69) is 26.2 Å². The number of nitrogens with one attached hydrogen (secondary N) is 1. The van der Waals surface area contributed by atoms with Gasteiger partial charge in [-0.05, 0) is 28.8 Å². The molecule has 2 rings (SSSR count). The molecule has 2 N–H and O–H groups in total. The minimum atomic E-state index is -0.693. The molecule has 0 radical (unpaired) electrons. The van der Waals surface area contributed by atoms with Crippen molar-refractivity contribution in [3.8, 4) is 0 Å². The number of pyridine rings is 1. The van der Waals surface area contributed by atoms with Crippen LogP contribution in [0.1, 0.15) is 32.1 Å². The monoisotopic (exact) mass is 329 g/mol. The van der Waals surface area contributed by atoms with Crippen molar-refractivity contribution < 1.29 is 10.0 Å². The van der Waals surface area contributed by atoms with Crippen molar-refractivity contribution >= 4 is 27.4 Å². The van der Waals surface area contributed by atoms with Gasteiger partial charge in [-0.25, -0.2) is 4.98 Å². The number of hydrogen-bond donors (Lipinski definition) is 2. The maximum absolute atomic E-state index is 10.6. The minimum Gasteiger partial charge on any atom is -0.388 e. The lowest BCUT2D eigenvalue weighted by Crippen LogP contribution is -2.39. The summed E-state index contributed by atoms with van der Waals surface area (Å²) in [5, 5.41) is 24.0. The zero-order valence-corrected chi connectivity index (χ0v) is 12.0. The van der Waals surface area contributed by atoms with E-state index < -0.39 is 10.5 Å². The third-order valence-corrected chi connectivity index (χ3v) is 4.01. The van der Waals surface area contributed by atoms with Crippen LogP contribution in [0.5, 0.6) is 0 Å². The lowest BCUT2D eigenvalue weighted by atomic mass is 9.85. The van der Waals surface area contributed by atoms with Crippen molar-refractivity contribution in [2.45, 2.75) is 37.7 Å². The molecule has 1 heterocycles. The second-order valence-electron chi connectivity index (χ2n) is 4.92. The fourth-order valence-electron chi connectivity index (χ4n) is 2.29. The molecule has 1 aliphatic carbocycles. The summed E-state index contributed by atoms with van der Waals surface area (Å²) in [5.74, 6) is 0.518. The first kappa shape index (κ1) is 14.2. The molecular formula is C12H16BrN3O3. The summed E-state index contributed by atoms with van der Waals surface area (Å²) >= 11 is 3.25. The summed E-state index contributed by atoms with van der Waals surface area (Å²) < 4.78 is 0.529. The Kier molecular flexibility index (Phi) is 4.36. The van der Waals surface area contributed by atoms with E-state index in [1.807, 2.05) is 0 Å². The fourth-order valence-corrected chi connectivity index (χ4v) is 2.77. The van der Waals surface area contributed by atoms with E-state index in [-0.39, 0.29) is 5.69 Å². The van der Waals surface area contributed by atoms with Crippen LogP contribution in [0.3, 0.4) is 0 Å². The molecule has 1 aromatic heterocycles. The average Bonchev–Trinajstić information content (AvgIpc) is 2.38. The highest BCUT2D eigenvalue weighted by molar-refractivity contribution is 9.10. The van der Waals surface area contributed by atoms with Crippen LogP contribution in [-0.2, 0) is 0 Å². The first-order valence-corrected chi connectivity index (χ1v) is 7.06. The standard InChI is InChI=1S/C12H16BrN3O3/c13-10-6-9(16(18)19)7-14-11(10)15-8-12(17)4-2-1-3-5-12/h6-7,17H,1-5,8H2,(H,14,15). The van der Waals surface area contributed by atoms with Gasteiger partial charge >= 0.3 is 0 Å². The van der Waals surface area contributed by atoms with Crippen LogP contribution >= 0.6 is 15.9 Å². The Morgan fingerprint density at radius 2 is 2.16 bits per heavy atom. The molecule has 0 bridgehead atoms. The smallest absolute Gasteiger partial charge is 0.288 e. The first-order chi connectivity index (χ1) is 9.00. The van der Waals surface area contributed by atoms with Crippen LogP contribution in [0.25, 0.3) is 0 Å². The van der Waals surface area contributed by atoms with Gasteiger partial charge in [0, 0.05) is 12.6 Å². The summed E-state index contributed by atoms with van der Waals surface area (Å²) in [6.45, 7) is 0.413. The van der Waals surface area contributed by atoms with Gasteiger partial charge in [0.15, 0.2) is 0 Å². The minimum absolute atomic E-state index is 0.0613. The highest BCUT2D eigenvalue weighted by atomic mass is 79.9. The predicted octanol–water partition coefficient (Wildman–Crippen LogP) is 2.86. The second kappa shape index (κ2) is 5.83. The number of halogens is 1. The molecule has 0 saturated heterocycles. The number of nitro groups is 1. The van der Waals surface area contributed by atoms with Crippen molar-refractivity contribution in [2.24, 2.45) is 0 Å². The molecule has 1 aliphatic rings. The number of nitrogens with zero attached hydrogens (tertiary/aromatic N) is 2. The van der Waals surface area contributed by atoms with Gasteiger partial charge in [0.05, 0.1) is 15.0 Å². The van der Waals surface area contributed by atoms with Gasteiger partial charge < -0.3 is 10.4 Å². The van der Waals surface area contributed by atoms with Gasteiger partial charge in [-0.1, -0.05) is 19.3 Å². The SMILES string of the molecule is O=[N+]([O-])c1cnc(NCC2(O)CCCCC2)c(Br)c1. The molecule has 0 amide bonds. The van der Waals surface area contributed by atoms with E-state index >= 15 is 0 Å². The van der Waals surface area contributed by atoms with Gasteiger partial charge in [0.2, 0.25) is 0 Å². The fraction of sp³-hybridized carbons (Fsp3) is 0.583. The van der Waals surface area contributed by atoms with Crippen molar-refractivity contribution in [1.82, 2.24) is 4.98 Å². The zero-order chi connectivity index (χ0) is 13.9. The van der Waals surface area contributed by atoms with E-state index in [1.54, 1.807) is 0 Å². The molecule has 0 spiro atoms. The van der Waals surface area contributed by atoms with Crippen LogP contribution in [-0.4, -0.2) is 27.2 Å². The quantitative estimate of drug-likeness (QED) is 0.655. The molecule has 0 atom stereocenters. The molecule has 0 aliphatic heterocycles. The number of aliphatic hydroxyl groups is 1. The summed E-state index contributed by atoms with van der Waals surface area (Å²) in [4.78, 5) is 14.1. The molecule has 104 valence electrons. The third kappa shape index (κ3) is 3.63. The second-order valence-corrected chi connectivity index (χ2v) is 5.77. The number of rotatable bonds is 4. The summed E-state index contributed by atoms with van der Waals surface area (Å²) in [6.07, 6.45) is 6.01. The molecule has 0 unspecified atom stereocenters. The van der Waals surface area contributed by atoms with Crippen LogP contribution in [0, 0.1) is 10.1 Å². The van der Waals surface area contributed by atoms with Crippen LogP contribution in [0.2, 0.25) is 0 Å². The van der Waals surface area contributed by atoms with Crippen molar-refractivity contribution in [3.63, 3.8) is 0 Å². The van der Waals surface area contributed by atoms with Gasteiger partial charge in [-0.15, -0.1) is 0 Å². The summed E-state index contributed by atoms with van der Waals surface area (Å²) in [7, 11) is 0. The average molecular weight is 330 g/mol. The molecule has 1 fully saturated rings. The van der Waals surface area contributed by atoms with Crippen molar-refractivity contribution in [2.75, 3.05) is 11.9 Å². The summed E-state index contributed by atoms with van der Waals surface area (Å²) in [5.41, 5.74) is -0.755. The predicted molar refractivity (Wildman–Crippen MR) is 75.1 cm³/mol. The Balaban J connectivity index is 2.01. The topological polar surface area (TPSA) is 88.3 Å². The lowest BCUT2D eigenvalue weighted by Gasteiger charge is -2.32. The van der Waals surface area contributed by atoms with E-state index in [4.69, 9.17) is 0 Å². The lowest BCUT2D eigenvalue weighted by molar-refractivity contribution is -0.385. The first-order valence-electron chi connectivity index (χ1n) is 6.26. The Bertz CT molecular complexity index is 475. The Morgan fingerprint density at radius 3 is 2.74 bits per heavy atom. The van der Waals surface area contributed by atoms with Gasteiger partial charge in [0.1, 0.15) is 12.0 Å². The van der Waals surface area contributed by atoms with Crippen LogP contribution < -0.4 is 5.32 Å². The molecule has 1 saturated carbocycles. The molecule has 0 aromatic carbocycles. The summed E-state index contributed by atoms with van der Waals surface area (Å²) in [6, 6.07) is 1.40. The molecule has 19 heavy (non-hydrogen) atoms. The zero-order valence-electron chi connectivity index (χ0n) is 10.4. The largest absolute Gasteiger partial charge is 0.388 e. The highest BCUT2D eigenvalue weighted by Gasteiger charge is 2.29.